The smallest absolute Gasteiger partial charge is 0.135 e. The normalized spacial score (nSPS) is 12.0. The van der Waals surface area contributed by atoms with Crippen LogP contribution in [-0.4, -0.2) is 16.0 Å². The van der Waals surface area contributed by atoms with Crippen LogP contribution in [0.1, 0.15) is 42.9 Å². The number of aromatic hydroxyl groups is 1. The first kappa shape index (κ1) is 16.2. The number of hydrogen-bond donors (Lipinski definition) is 2. The van der Waals surface area contributed by atoms with E-state index in [1.165, 1.54) is 17.7 Å². The minimum Gasteiger partial charge on any atom is -0.508 e. The Morgan fingerprint density at radius 2 is 1.64 bits per heavy atom. The largest absolute Gasteiger partial charge is 0.508 e. The second-order valence-corrected chi connectivity index (χ2v) is 5.54. The summed E-state index contributed by atoms with van der Waals surface area (Å²) in [5, 5.41) is 19.2. The first-order chi connectivity index (χ1) is 10.6. The molecule has 0 aliphatic heterocycles. The van der Waals surface area contributed by atoms with E-state index in [4.69, 9.17) is 0 Å². The van der Waals surface area contributed by atoms with Gasteiger partial charge in [-0.05, 0) is 42.5 Å². The summed E-state index contributed by atoms with van der Waals surface area (Å²) in [5.74, 6) is 0.233. The first-order valence-corrected chi connectivity index (χ1v) is 7.68. The Bertz CT molecular complexity index is 575. The summed E-state index contributed by atoms with van der Waals surface area (Å²) < 4.78 is 0. The number of aliphatic hydroxyl groups excluding tert-OH is 1. The second kappa shape index (κ2) is 8.35. The van der Waals surface area contributed by atoms with Crippen LogP contribution in [0.4, 0.5) is 0 Å². The van der Waals surface area contributed by atoms with E-state index in [1.54, 1.807) is 12.1 Å². The summed E-state index contributed by atoms with van der Waals surface area (Å²) in [6.45, 7) is 0. The summed E-state index contributed by atoms with van der Waals surface area (Å²) in [6, 6.07) is 16.5. The molecule has 116 valence electrons. The molecule has 0 saturated heterocycles. The van der Waals surface area contributed by atoms with Crippen LogP contribution in [0.2, 0.25) is 0 Å². The highest BCUT2D eigenvalue weighted by Gasteiger charge is 2.12. The van der Waals surface area contributed by atoms with Gasteiger partial charge in [-0.2, -0.15) is 0 Å². The van der Waals surface area contributed by atoms with Gasteiger partial charge in [-0.25, -0.2) is 0 Å². The Hall–Kier alpha value is -2.13. The minimum absolute atomic E-state index is 0.0774. The lowest BCUT2D eigenvalue weighted by Gasteiger charge is -2.10. The third-order valence-corrected chi connectivity index (χ3v) is 3.71. The van der Waals surface area contributed by atoms with Gasteiger partial charge < -0.3 is 10.2 Å². The maximum Gasteiger partial charge on any atom is 0.135 e. The van der Waals surface area contributed by atoms with Gasteiger partial charge in [-0.1, -0.05) is 42.5 Å². The molecule has 0 bridgehead atoms. The van der Waals surface area contributed by atoms with Crippen molar-refractivity contribution >= 4 is 5.78 Å². The molecule has 3 nitrogen and oxygen atoms in total. The van der Waals surface area contributed by atoms with E-state index >= 15 is 0 Å². The van der Waals surface area contributed by atoms with Crippen LogP contribution >= 0.6 is 0 Å². The van der Waals surface area contributed by atoms with Crippen molar-refractivity contribution in [2.75, 3.05) is 0 Å². The number of carbonyl (C=O) groups is 1. The topological polar surface area (TPSA) is 57.5 Å². The molecule has 0 amide bonds. The average Bonchev–Trinajstić information content (AvgIpc) is 2.53. The number of Topliss-reactive ketones (excluding diaryl/α,β-unsaturated/α-hetero) is 1. The molecule has 0 aliphatic rings. The molecule has 2 aromatic carbocycles. The lowest BCUT2D eigenvalue weighted by molar-refractivity contribution is -0.121. The number of hydrogen-bond acceptors (Lipinski definition) is 3. The van der Waals surface area contributed by atoms with E-state index in [0.29, 0.717) is 12.0 Å². The van der Waals surface area contributed by atoms with Crippen LogP contribution in [0.3, 0.4) is 0 Å². The van der Waals surface area contributed by atoms with Gasteiger partial charge in [0.1, 0.15) is 11.5 Å². The Balaban J connectivity index is 1.68. The zero-order valence-electron chi connectivity index (χ0n) is 12.6. The van der Waals surface area contributed by atoms with Crippen LogP contribution in [0.15, 0.2) is 54.6 Å². The van der Waals surface area contributed by atoms with Gasteiger partial charge in [-0.3, -0.25) is 4.79 Å². The molecule has 2 N–H and O–H groups in total. The number of aryl methyl sites for hydroxylation is 1. The second-order valence-electron chi connectivity index (χ2n) is 5.54. The summed E-state index contributed by atoms with van der Waals surface area (Å²) in [6.07, 6.45) is 2.65. The molecule has 0 aliphatic carbocycles. The first-order valence-electron chi connectivity index (χ1n) is 7.68. The molecule has 0 fully saturated rings. The predicted molar refractivity (Wildman–Crippen MR) is 86.7 cm³/mol. The third-order valence-electron chi connectivity index (χ3n) is 3.71. The van der Waals surface area contributed by atoms with Gasteiger partial charge in [0.2, 0.25) is 0 Å². The molecule has 3 heteroatoms. The maximum atomic E-state index is 11.9. The Morgan fingerprint density at radius 3 is 2.32 bits per heavy atom. The van der Waals surface area contributed by atoms with Crippen LogP contribution in [0.5, 0.6) is 5.75 Å². The van der Waals surface area contributed by atoms with Gasteiger partial charge in [-0.15, -0.1) is 0 Å². The molecule has 22 heavy (non-hydrogen) atoms. The van der Waals surface area contributed by atoms with Crippen molar-refractivity contribution in [1.29, 1.82) is 0 Å². The highest BCUT2D eigenvalue weighted by molar-refractivity contribution is 5.79. The third kappa shape index (κ3) is 5.34. The number of phenolic OH excluding ortho intramolecular Hbond substituents is 1. The number of phenols is 1. The number of rotatable bonds is 8. The van der Waals surface area contributed by atoms with Crippen LogP contribution in [0.25, 0.3) is 0 Å². The average molecular weight is 298 g/mol. The number of aliphatic hydroxyl groups is 1. The molecule has 1 atom stereocenters. The van der Waals surface area contributed by atoms with Crippen molar-refractivity contribution in [3.8, 4) is 5.75 Å². The Morgan fingerprint density at radius 1 is 0.955 bits per heavy atom. The fraction of sp³-hybridized carbons (Fsp3) is 0.316. The highest BCUT2D eigenvalue weighted by atomic mass is 16.3. The molecule has 0 heterocycles. The Kier molecular flexibility index (Phi) is 6.16. The van der Waals surface area contributed by atoms with E-state index in [2.05, 4.69) is 12.1 Å². The van der Waals surface area contributed by atoms with Gasteiger partial charge in [0, 0.05) is 12.8 Å². The van der Waals surface area contributed by atoms with E-state index in [0.717, 1.165) is 19.3 Å². The van der Waals surface area contributed by atoms with Crippen LogP contribution < -0.4 is 0 Å². The number of unbranched alkanes of at least 4 members (excludes halogenated alkanes) is 1. The maximum absolute atomic E-state index is 11.9. The van der Waals surface area contributed by atoms with Crippen molar-refractivity contribution < 1.29 is 15.0 Å². The summed E-state index contributed by atoms with van der Waals surface area (Å²) in [7, 11) is 0. The van der Waals surface area contributed by atoms with E-state index in [1.807, 2.05) is 18.2 Å². The lowest BCUT2D eigenvalue weighted by Crippen LogP contribution is -2.06. The van der Waals surface area contributed by atoms with Gasteiger partial charge in [0.05, 0.1) is 6.10 Å². The lowest BCUT2D eigenvalue weighted by atomic mass is 10.00. The van der Waals surface area contributed by atoms with Gasteiger partial charge in [0.15, 0.2) is 0 Å². The summed E-state index contributed by atoms with van der Waals surface area (Å²) in [5.41, 5.74) is 1.95. The van der Waals surface area contributed by atoms with Crippen molar-refractivity contribution in [2.45, 2.75) is 38.2 Å². The van der Waals surface area contributed by atoms with Crippen LogP contribution in [-0.2, 0) is 11.2 Å². The molecule has 0 spiro atoms. The highest BCUT2D eigenvalue weighted by Crippen LogP contribution is 2.20. The zero-order chi connectivity index (χ0) is 15.8. The quantitative estimate of drug-likeness (QED) is 0.729. The molecule has 2 rings (SSSR count). The minimum atomic E-state index is -0.790. The fourth-order valence-electron chi connectivity index (χ4n) is 2.43. The molecule has 0 radical (unpaired) electrons. The molecular formula is C19H22O3. The fourth-order valence-corrected chi connectivity index (χ4v) is 2.43. The van der Waals surface area contributed by atoms with Crippen molar-refractivity contribution in [3.05, 3.63) is 65.7 Å². The molecule has 1 unspecified atom stereocenters. The molecule has 0 saturated carbocycles. The van der Waals surface area contributed by atoms with Crippen molar-refractivity contribution in [3.63, 3.8) is 0 Å². The summed E-state index contributed by atoms with van der Waals surface area (Å²) in [4.78, 5) is 11.9. The molecule has 0 aromatic heterocycles. The Labute approximate surface area is 131 Å². The molecule has 2 aromatic rings. The number of carbonyl (C=O) groups excluding carboxylic acids is 1. The number of benzene rings is 2. The molecular weight excluding hydrogens is 276 g/mol. The monoisotopic (exact) mass is 298 g/mol. The van der Waals surface area contributed by atoms with E-state index in [-0.39, 0.29) is 18.0 Å². The standard InChI is InChI=1S/C19H22O3/c20-17-12-10-16(11-13-17)19(22)14-18(21)9-5-4-8-15-6-2-1-3-7-15/h1-3,6-7,10-13,19-20,22H,4-5,8-9,14H2. The van der Waals surface area contributed by atoms with E-state index in [9.17, 15) is 15.0 Å². The van der Waals surface area contributed by atoms with Gasteiger partial charge in [0.25, 0.3) is 0 Å². The predicted octanol–water partition coefficient (Wildman–Crippen LogP) is 3.80. The van der Waals surface area contributed by atoms with Crippen LogP contribution in [0, 0.1) is 0 Å². The van der Waals surface area contributed by atoms with Gasteiger partial charge >= 0.3 is 0 Å². The summed E-state index contributed by atoms with van der Waals surface area (Å²) >= 11 is 0. The SMILES string of the molecule is O=C(CCCCc1ccccc1)CC(O)c1ccc(O)cc1. The number of ketones is 1. The zero-order valence-corrected chi connectivity index (χ0v) is 12.6. The van der Waals surface area contributed by atoms with E-state index < -0.39 is 6.10 Å². The van der Waals surface area contributed by atoms with Crippen molar-refractivity contribution in [1.82, 2.24) is 0 Å². The van der Waals surface area contributed by atoms with Crippen molar-refractivity contribution in [2.24, 2.45) is 0 Å².